The molecule has 4 nitrogen and oxygen atoms in total. The molecule has 0 fully saturated rings. The SMILES string of the molecule is CCCC(NC(=O)CCC(=O)O)c1ccccc1. The zero-order chi connectivity index (χ0) is 13.4. The minimum absolute atomic E-state index is 0.0301. The van der Waals surface area contributed by atoms with Crippen molar-refractivity contribution in [3.63, 3.8) is 0 Å². The van der Waals surface area contributed by atoms with Gasteiger partial charge in [-0.15, -0.1) is 0 Å². The van der Waals surface area contributed by atoms with E-state index in [0.717, 1.165) is 18.4 Å². The highest BCUT2D eigenvalue weighted by atomic mass is 16.4. The molecule has 1 rings (SSSR count). The minimum atomic E-state index is -0.947. The third-order valence-corrected chi connectivity index (χ3v) is 2.68. The van der Waals surface area contributed by atoms with Gasteiger partial charge in [-0.2, -0.15) is 0 Å². The second-order valence-corrected chi connectivity index (χ2v) is 4.21. The lowest BCUT2D eigenvalue weighted by Crippen LogP contribution is -2.28. The molecule has 2 N–H and O–H groups in total. The molecule has 4 heteroatoms. The second kappa shape index (κ2) is 7.48. The highest BCUT2D eigenvalue weighted by Gasteiger charge is 2.14. The molecular formula is C14H19NO3. The van der Waals surface area contributed by atoms with Crippen molar-refractivity contribution in [1.82, 2.24) is 5.32 Å². The van der Waals surface area contributed by atoms with Crippen LogP contribution in [-0.2, 0) is 9.59 Å². The number of benzene rings is 1. The summed E-state index contributed by atoms with van der Waals surface area (Å²) in [6, 6.07) is 9.70. The van der Waals surface area contributed by atoms with Crippen LogP contribution < -0.4 is 5.32 Å². The molecule has 98 valence electrons. The molecule has 0 saturated carbocycles. The maximum atomic E-state index is 11.6. The van der Waals surface area contributed by atoms with Crippen molar-refractivity contribution < 1.29 is 14.7 Å². The number of carboxylic acids is 1. The predicted octanol–water partition coefficient (Wildman–Crippen LogP) is 2.51. The van der Waals surface area contributed by atoms with E-state index in [4.69, 9.17) is 5.11 Å². The first kappa shape index (κ1) is 14.2. The number of hydrogen-bond acceptors (Lipinski definition) is 2. The van der Waals surface area contributed by atoms with E-state index < -0.39 is 5.97 Å². The van der Waals surface area contributed by atoms with Crippen LogP contribution in [0.1, 0.15) is 44.2 Å². The van der Waals surface area contributed by atoms with Crippen LogP contribution in [0.4, 0.5) is 0 Å². The Hall–Kier alpha value is -1.84. The first-order chi connectivity index (χ1) is 8.63. The number of rotatable bonds is 7. The van der Waals surface area contributed by atoms with Gasteiger partial charge in [-0.3, -0.25) is 9.59 Å². The molecule has 0 spiro atoms. The smallest absolute Gasteiger partial charge is 0.303 e. The van der Waals surface area contributed by atoms with Crippen LogP contribution in [0.2, 0.25) is 0 Å². The number of amides is 1. The molecule has 0 radical (unpaired) electrons. The molecule has 0 aliphatic carbocycles. The number of carbonyl (C=O) groups excluding carboxylic acids is 1. The van der Waals surface area contributed by atoms with Crippen molar-refractivity contribution in [3.05, 3.63) is 35.9 Å². The van der Waals surface area contributed by atoms with Gasteiger partial charge < -0.3 is 10.4 Å². The largest absolute Gasteiger partial charge is 0.481 e. The third kappa shape index (κ3) is 4.99. The van der Waals surface area contributed by atoms with E-state index in [-0.39, 0.29) is 24.8 Å². The Balaban J connectivity index is 2.58. The Kier molecular flexibility index (Phi) is 5.91. The number of carboxylic acid groups (broad SMARTS) is 1. The van der Waals surface area contributed by atoms with Crippen LogP contribution >= 0.6 is 0 Å². The van der Waals surface area contributed by atoms with Gasteiger partial charge in [0.05, 0.1) is 12.5 Å². The van der Waals surface area contributed by atoms with E-state index in [2.05, 4.69) is 12.2 Å². The lowest BCUT2D eigenvalue weighted by Gasteiger charge is -2.18. The molecule has 0 bridgehead atoms. The van der Waals surface area contributed by atoms with Crippen molar-refractivity contribution in [3.8, 4) is 0 Å². The van der Waals surface area contributed by atoms with Gasteiger partial charge in [0, 0.05) is 6.42 Å². The molecule has 0 aliphatic heterocycles. The molecule has 1 aromatic carbocycles. The van der Waals surface area contributed by atoms with Crippen LogP contribution in [0.15, 0.2) is 30.3 Å². The van der Waals surface area contributed by atoms with E-state index in [1.807, 2.05) is 30.3 Å². The van der Waals surface area contributed by atoms with Gasteiger partial charge in [0.15, 0.2) is 0 Å². The summed E-state index contributed by atoms with van der Waals surface area (Å²) >= 11 is 0. The molecule has 0 aromatic heterocycles. The Morgan fingerprint density at radius 1 is 1.22 bits per heavy atom. The molecule has 0 saturated heterocycles. The fourth-order valence-electron chi connectivity index (χ4n) is 1.78. The maximum absolute atomic E-state index is 11.6. The van der Waals surface area contributed by atoms with Gasteiger partial charge in [0.1, 0.15) is 0 Å². The summed E-state index contributed by atoms with van der Waals surface area (Å²) in [5, 5.41) is 11.4. The maximum Gasteiger partial charge on any atom is 0.303 e. The normalized spacial score (nSPS) is 11.8. The molecule has 1 atom stereocenters. The minimum Gasteiger partial charge on any atom is -0.481 e. The number of nitrogens with one attached hydrogen (secondary N) is 1. The quantitative estimate of drug-likeness (QED) is 0.780. The number of aliphatic carboxylic acids is 1. The van der Waals surface area contributed by atoms with Crippen molar-refractivity contribution in [2.75, 3.05) is 0 Å². The molecule has 18 heavy (non-hydrogen) atoms. The first-order valence-corrected chi connectivity index (χ1v) is 6.19. The van der Waals surface area contributed by atoms with Crippen molar-refractivity contribution in [2.24, 2.45) is 0 Å². The Morgan fingerprint density at radius 3 is 2.44 bits per heavy atom. The van der Waals surface area contributed by atoms with E-state index in [1.165, 1.54) is 0 Å². The Morgan fingerprint density at radius 2 is 1.89 bits per heavy atom. The fourth-order valence-corrected chi connectivity index (χ4v) is 1.78. The van der Waals surface area contributed by atoms with Gasteiger partial charge in [-0.25, -0.2) is 0 Å². The van der Waals surface area contributed by atoms with Crippen LogP contribution in [0, 0.1) is 0 Å². The summed E-state index contributed by atoms with van der Waals surface area (Å²) in [6.07, 6.45) is 1.71. The second-order valence-electron chi connectivity index (χ2n) is 4.21. The topological polar surface area (TPSA) is 66.4 Å². The van der Waals surface area contributed by atoms with Gasteiger partial charge in [-0.1, -0.05) is 43.7 Å². The summed E-state index contributed by atoms with van der Waals surface area (Å²) in [5.41, 5.74) is 1.06. The Labute approximate surface area is 107 Å². The lowest BCUT2D eigenvalue weighted by atomic mass is 10.0. The van der Waals surface area contributed by atoms with Crippen LogP contribution in [-0.4, -0.2) is 17.0 Å². The first-order valence-electron chi connectivity index (χ1n) is 6.19. The molecular weight excluding hydrogens is 230 g/mol. The monoisotopic (exact) mass is 249 g/mol. The highest BCUT2D eigenvalue weighted by molar-refractivity contribution is 5.80. The standard InChI is InChI=1S/C14H19NO3/c1-2-6-12(11-7-4-3-5-8-11)15-13(16)9-10-14(17)18/h3-5,7-8,12H,2,6,9-10H2,1H3,(H,15,16)(H,17,18). The zero-order valence-electron chi connectivity index (χ0n) is 10.6. The van der Waals surface area contributed by atoms with Gasteiger partial charge in [0.25, 0.3) is 0 Å². The highest BCUT2D eigenvalue weighted by Crippen LogP contribution is 2.18. The molecule has 0 aliphatic rings. The summed E-state index contributed by atoms with van der Waals surface area (Å²) in [4.78, 5) is 22.0. The molecule has 1 amide bonds. The fraction of sp³-hybridized carbons (Fsp3) is 0.429. The van der Waals surface area contributed by atoms with E-state index in [9.17, 15) is 9.59 Å². The zero-order valence-corrected chi connectivity index (χ0v) is 10.6. The van der Waals surface area contributed by atoms with Gasteiger partial charge >= 0.3 is 5.97 Å². The third-order valence-electron chi connectivity index (χ3n) is 2.68. The number of hydrogen-bond donors (Lipinski definition) is 2. The number of carbonyl (C=O) groups is 2. The van der Waals surface area contributed by atoms with Crippen LogP contribution in [0.5, 0.6) is 0 Å². The van der Waals surface area contributed by atoms with Crippen molar-refractivity contribution in [2.45, 2.75) is 38.6 Å². The van der Waals surface area contributed by atoms with Gasteiger partial charge in [-0.05, 0) is 12.0 Å². The van der Waals surface area contributed by atoms with Crippen molar-refractivity contribution >= 4 is 11.9 Å². The van der Waals surface area contributed by atoms with E-state index in [0.29, 0.717) is 0 Å². The van der Waals surface area contributed by atoms with E-state index in [1.54, 1.807) is 0 Å². The molecule has 1 unspecified atom stereocenters. The molecule has 1 aromatic rings. The summed E-state index contributed by atoms with van der Waals surface area (Å²) in [6.45, 7) is 2.05. The molecule has 0 heterocycles. The summed E-state index contributed by atoms with van der Waals surface area (Å²) in [7, 11) is 0. The Bertz CT molecular complexity index is 389. The summed E-state index contributed by atoms with van der Waals surface area (Å²) in [5.74, 6) is -1.16. The van der Waals surface area contributed by atoms with E-state index >= 15 is 0 Å². The van der Waals surface area contributed by atoms with Crippen LogP contribution in [0.25, 0.3) is 0 Å². The lowest BCUT2D eigenvalue weighted by molar-refractivity contribution is -0.138. The average Bonchev–Trinajstić information content (AvgIpc) is 2.37. The average molecular weight is 249 g/mol. The van der Waals surface area contributed by atoms with Crippen LogP contribution in [0.3, 0.4) is 0 Å². The predicted molar refractivity (Wildman–Crippen MR) is 69.1 cm³/mol. The van der Waals surface area contributed by atoms with Crippen molar-refractivity contribution in [1.29, 1.82) is 0 Å². The summed E-state index contributed by atoms with van der Waals surface area (Å²) < 4.78 is 0. The van der Waals surface area contributed by atoms with Gasteiger partial charge in [0.2, 0.25) is 5.91 Å².